The predicted molar refractivity (Wildman–Crippen MR) is 163 cm³/mol. The van der Waals surface area contributed by atoms with Crippen molar-refractivity contribution in [3.05, 3.63) is 86.9 Å². The zero-order valence-electron chi connectivity index (χ0n) is 23.3. The molecule has 0 aliphatic carbocycles. The van der Waals surface area contributed by atoms with E-state index in [-0.39, 0.29) is 39.0 Å². The largest absolute Gasteiger partial charge is 0.495 e. The van der Waals surface area contributed by atoms with Crippen LogP contribution in [0.4, 0.5) is 5.69 Å². The van der Waals surface area contributed by atoms with Crippen molar-refractivity contribution in [2.45, 2.75) is 51.2 Å². The molecule has 0 saturated heterocycles. The molecule has 1 unspecified atom stereocenters. The first-order chi connectivity index (χ1) is 19.2. The number of carbonyl (C=O) groups excluding carboxylic acids is 2. The second-order valence-corrected chi connectivity index (χ2v) is 12.9. The molecule has 0 fully saturated rings. The molecule has 0 spiro atoms. The standard InChI is InChI=1S/C29H32Cl3N3O5S/c1-18(2)33-29(37)20(4)34(16-21-8-12-24(31)25(32)14-21)28(36)17-35(26-15-22(30)9-13-27(26)40-5)41(38,39)23-10-6-19(3)7-11-23/h6-15,18,20H,16-17H2,1-5H3,(H,33,37). The number of sulfonamides is 1. The van der Waals surface area contributed by atoms with Crippen molar-refractivity contribution in [1.82, 2.24) is 10.2 Å². The molecule has 8 nitrogen and oxygen atoms in total. The van der Waals surface area contributed by atoms with Crippen molar-refractivity contribution in [2.24, 2.45) is 0 Å². The van der Waals surface area contributed by atoms with Gasteiger partial charge in [-0.15, -0.1) is 0 Å². The molecule has 0 radical (unpaired) electrons. The molecule has 3 aromatic carbocycles. The SMILES string of the molecule is COc1ccc(Cl)cc1N(CC(=O)N(Cc1ccc(Cl)c(Cl)c1)C(C)C(=O)NC(C)C)S(=O)(=O)c1ccc(C)cc1. The summed E-state index contributed by atoms with van der Waals surface area (Å²) in [6.07, 6.45) is 0. The number of carbonyl (C=O) groups is 2. The molecule has 1 N–H and O–H groups in total. The van der Waals surface area contributed by atoms with Gasteiger partial charge < -0.3 is 15.0 Å². The Balaban J connectivity index is 2.11. The second-order valence-electron chi connectivity index (χ2n) is 9.75. The maximum absolute atomic E-state index is 14.0. The quantitative estimate of drug-likeness (QED) is 0.273. The highest BCUT2D eigenvalue weighted by atomic mass is 35.5. The Labute approximate surface area is 256 Å². The Hall–Kier alpha value is -2.98. The average Bonchev–Trinajstić information content (AvgIpc) is 2.91. The van der Waals surface area contributed by atoms with Crippen molar-refractivity contribution in [3.8, 4) is 5.75 Å². The van der Waals surface area contributed by atoms with E-state index in [0.717, 1.165) is 9.87 Å². The predicted octanol–water partition coefficient (Wildman–Crippen LogP) is 6.10. The number of benzene rings is 3. The van der Waals surface area contributed by atoms with Gasteiger partial charge in [0.25, 0.3) is 10.0 Å². The topological polar surface area (TPSA) is 96.0 Å². The first-order valence-corrected chi connectivity index (χ1v) is 15.3. The molecule has 41 heavy (non-hydrogen) atoms. The number of nitrogens with zero attached hydrogens (tertiary/aromatic N) is 2. The summed E-state index contributed by atoms with van der Waals surface area (Å²) in [5.41, 5.74) is 1.54. The molecule has 1 atom stereocenters. The molecule has 3 aromatic rings. The maximum Gasteiger partial charge on any atom is 0.264 e. The highest BCUT2D eigenvalue weighted by molar-refractivity contribution is 7.92. The van der Waals surface area contributed by atoms with Gasteiger partial charge in [0, 0.05) is 17.6 Å². The first-order valence-electron chi connectivity index (χ1n) is 12.7. The van der Waals surface area contributed by atoms with Crippen LogP contribution < -0.4 is 14.4 Å². The molecule has 3 rings (SSSR count). The van der Waals surface area contributed by atoms with E-state index < -0.39 is 34.4 Å². The summed E-state index contributed by atoms with van der Waals surface area (Å²) in [5.74, 6) is -0.846. The number of methoxy groups -OCH3 is 1. The number of amides is 2. The van der Waals surface area contributed by atoms with E-state index in [4.69, 9.17) is 39.5 Å². The summed E-state index contributed by atoms with van der Waals surface area (Å²) >= 11 is 18.5. The molecule has 0 aliphatic heterocycles. The number of hydrogen-bond donors (Lipinski definition) is 1. The Kier molecular flexibility index (Phi) is 10.9. The van der Waals surface area contributed by atoms with Crippen molar-refractivity contribution >= 4 is 62.3 Å². The molecular formula is C29H32Cl3N3O5S. The van der Waals surface area contributed by atoms with Crippen LogP contribution in [0.2, 0.25) is 15.1 Å². The summed E-state index contributed by atoms with van der Waals surface area (Å²) in [7, 11) is -2.90. The van der Waals surface area contributed by atoms with E-state index in [1.165, 1.54) is 36.3 Å². The number of ether oxygens (including phenoxy) is 1. The minimum Gasteiger partial charge on any atom is -0.495 e. The molecule has 0 saturated carbocycles. The summed E-state index contributed by atoms with van der Waals surface area (Å²) in [6.45, 7) is 6.34. The van der Waals surface area contributed by atoms with Crippen LogP contribution in [-0.2, 0) is 26.2 Å². The Morgan fingerprint density at radius 3 is 2.17 bits per heavy atom. The Morgan fingerprint density at radius 2 is 1.59 bits per heavy atom. The highest BCUT2D eigenvalue weighted by Gasteiger charge is 2.34. The fraction of sp³-hybridized carbons (Fsp3) is 0.310. The van der Waals surface area contributed by atoms with Crippen molar-refractivity contribution in [2.75, 3.05) is 18.0 Å². The molecule has 0 aliphatic rings. The van der Waals surface area contributed by atoms with Gasteiger partial charge in [-0.2, -0.15) is 0 Å². The van der Waals surface area contributed by atoms with Gasteiger partial charge in [-0.25, -0.2) is 8.42 Å². The van der Waals surface area contributed by atoms with Crippen molar-refractivity contribution < 1.29 is 22.7 Å². The smallest absolute Gasteiger partial charge is 0.264 e. The molecule has 12 heteroatoms. The number of nitrogens with one attached hydrogen (secondary N) is 1. The minimum atomic E-state index is -4.29. The first kappa shape index (κ1) is 32.5. The van der Waals surface area contributed by atoms with Crippen LogP contribution in [0, 0.1) is 6.92 Å². The molecule has 0 aromatic heterocycles. The van der Waals surface area contributed by atoms with Gasteiger partial charge in [0.2, 0.25) is 11.8 Å². The molecule has 0 heterocycles. The van der Waals surface area contributed by atoms with Crippen LogP contribution in [0.1, 0.15) is 31.9 Å². The lowest BCUT2D eigenvalue weighted by Crippen LogP contribution is -2.52. The van der Waals surface area contributed by atoms with Gasteiger partial charge in [-0.05, 0) is 75.7 Å². The number of hydrogen-bond acceptors (Lipinski definition) is 5. The number of aryl methyl sites for hydroxylation is 1. The molecular weight excluding hydrogens is 609 g/mol. The van der Waals surface area contributed by atoms with E-state index in [1.54, 1.807) is 57.2 Å². The third kappa shape index (κ3) is 8.07. The third-order valence-electron chi connectivity index (χ3n) is 6.23. The third-order valence-corrected chi connectivity index (χ3v) is 8.98. The lowest BCUT2D eigenvalue weighted by atomic mass is 10.1. The number of rotatable bonds is 11. The fourth-order valence-electron chi connectivity index (χ4n) is 4.03. The average molecular weight is 641 g/mol. The van der Waals surface area contributed by atoms with E-state index in [1.807, 2.05) is 6.92 Å². The molecule has 2 amide bonds. The van der Waals surface area contributed by atoms with Crippen LogP contribution in [0.5, 0.6) is 5.75 Å². The van der Waals surface area contributed by atoms with Crippen LogP contribution in [0.15, 0.2) is 65.6 Å². The lowest BCUT2D eigenvalue weighted by molar-refractivity contribution is -0.139. The zero-order valence-corrected chi connectivity index (χ0v) is 26.4. The van der Waals surface area contributed by atoms with Crippen LogP contribution >= 0.6 is 34.8 Å². The summed E-state index contributed by atoms with van der Waals surface area (Å²) < 4.78 is 34.4. The van der Waals surface area contributed by atoms with Gasteiger partial charge >= 0.3 is 0 Å². The second kappa shape index (κ2) is 13.8. The summed E-state index contributed by atoms with van der Waals surface area (Å²) in [6, 6.07) is 14.5. The minimum absolute atomic E-state index is 0.0282. The van der Waals surface area contributed by atoms with Crippen LogP contribution in [0.25, 0.3) is 0 Å². The maximum atomic E-state index is 14.0. The van der Waals surface area contributed by atoms with Gasteiger partial charge in [-0.3, -0.25) is 13.9 Å². The Morgan fingerprint density at radius 1 is 0.927 bits per heavy atom. The molecule has 0 bridgehead atoms. The van der Waals surface area contributed by atoms with Crippen molar-refractivity contribution in [1.29, 1.82) is 0 Å². The lowest BCUT2D eigenvalue weighted by Gasteiger charge is -2.32. The van der Waals surface area contributed by atoms with Crippen molar-refractivity contribution in [3.63, 3.8) is 0 Å². The van der Waals surface area contributed by atoms with Gasteiger partial charge in [0.05, 0.1) is 27.7 Å². The van der Waals surface area contributed by atoms with Gasteiger partial charge in [0.15, 0.2) is 0 Å². The number of halogens is 3. The normalized spacial score (nSPS) is 12.1. The molecule has 220 valence electrons. The highest BCUT2D eigenvalue weighted by Crippen LogP contribution is 2.35. The van der Waals surface area contributed by atoms with E-state index in [9.17, 15) is 18.0 Å². The van der Waals surface area contributed by atoms with Gasteiger partial charge in [0.1, 0.15) is 18.3 Å². The van der Waals surface area contributed by atoms with Crippen LogP contribution in [0.3, 0.4) is 0 Å². The Bertz CT molecular complexity index is 1510. The number of anilines is 1. The monoisotopic (exact) mass is 639 g/mol. The summed E-state index contributed by atoms with van der Waals surface area (Å²) in [4.78, 5) is 28.3. The fourth-order valence-corrected chi connectivity index (χ4v) is 5.93. The van der Waals surface area contributed by atoms with Gasteiger partial charge in [-0.1, -0.05) is 58.6 Å². The van der Waals surface area contributed by atoms with E-state index in [0.29, 0.717) is 10.6 Å². The summed E-state index contributed by atoms with van der Waals surface area (Å²) in [5, 5.41) is 3.67. The van der Waals surface area contributed by atoms with Crippen LogP contribution in [-0.4, -0.2) is 50.9 Å². The van der Waals surface area contributed by atoms with E-state index in [2.05, 4.69) is 5.32 Å². The van der Waals surface area contributed by atoms with E-state index >= 15 is 0 Å². The zero-order chi connectivity index (χ0) is 30.5.